The molecule has 0 unspecified atom stereocenters. The highest BCUT2D eigenvalue weighted by molar-refractivity contribution is 5.99. The minimum Gasteiger partial charge on any atom is -0.385 e. The Morgan fingerprint density at radius 1 is 1.16 bits per heavy atom. The number of amides is 1. The Kier molecular flexibility index (Phi) is 6.32. The zero-order valence-corrected chi connectivity index (χ0v) is 17.5. The van der Waals surface area contributed by atoms with Crippen molar-refractivity contribution in [2.45, 2.75) is 25.8 Å². The first-order chi connectivity index (χ1) is 15.5. The van der Waals surface area contributed by atoms with Crippen LogP contribution >= 0.6 is 0 Å². The fraction of sp³-hybridized carbons (Fsp3) is 0.250. The van der Waals surface area contributed by atoms with E-state index in [2.05, 4.69) is 15.3 Å². The van der Waals surface area contributed by atoms with E-state index in [-0.39, 0.29) is 35.9 Å². The van der Waals surface area contributed by atoms with Gasteiger partial charge in [0.15, 0.2) is 5.78 Å². The van der Waals surface area contributed by atoms with Gasteiger partial charge in [0, 0.05) is 44.0 Å². The Hall–Kier alpha value is -3.52. The predicted molar refractivity (Wildman–Crippen MR) is 113 cm³/mol. The van der Waals surface area contributed by atoms with Crippen molar-refractivity contribution in [1.82, 2.24) is 15.3 Å². The number of nitrogens with one attached hydrogen (secondary N) is 1. The van der Waals surface area contributed by atoms with Crippen molar-refractivity contribution in [2.24, 2.45) is 0 Å². The van der Waals surface area contributed by atoms with Crippen LogP contribution in [0.1, 0.15) is 50.5 Å². The van der Waals surface area contributed by atoms with Gasteiger partial charge in [0.05, 0.1) is 29.1 Å². The maximum absolute atomic E-state index is 14.3. The van der Waals surface area contributed by atoms with Crippen LogP contribution in [0.15, 0.2) is 42.6 Å². The van der Waals surface area contributed by atoms with Gasteiger partial charge in [-0.25, -0.2) is 13.8 Å². The lowest BCUT2D eigenvalue weighted by Gasteiger charge is -2.11. The first-order valence-corrected chi connectivity index (χ1v) is 10.2. The van der Waals surface area contributed by atoms with E-state index in [0.29, 0.717) is 47.5 Å². The third kappa shape index (κ3) is 4.40. The lowest BCUT2D eigenvalue weighted by Crippen LogP contribution is -2.14. The van der Waals surface area contributed by atoms with Crippen LogP contribution in [-0.2, 0) is 17.7 Å². The van der Waals surface area contributed by atoms with Gasteiger partial charge in [-0.1, -0.05) is 6.07 Å². The van der Waals surface area contributed by atoms with E-state index in [1.807, 2.05) is 0 Å². The van der Waals surface area contributed by atoms with Crippen LogP contribution in [0.25, 0.3) is 11.3 Å². The highest BCUT2D eigenvalue weighted by Crippen LogP contribution is 2.30. The molecule has 6 nitrogen and oxygen atoms in total. The molecule has 4 rings (SSSR count). The lowest BCUT2D eigenvalue weighted by atomic mass is 9.98. The number of halogens is 2. The average molecular weight is 437 g/mol. The maximum Gasteiger partial charge on any atom is 0.253 e. The van der Waals surface area contributed by atoms with Gasteiger partial charge in [0.25, 0.3) is 5.91 Å². The monoisotopic (exact) mass is 437 g/mol. The molecular weight excluding hydrogens is 416 g/mol. The molecule has 0 aliphatic carbocycles. The van der Waals surface area contributed by atoms with Crippen molar-refractivity contribution in [1.29, 1.82) is 0 Å². The van der Waals surface area contributed by atoms with Gasteiger partial charge in [-0.3, -0.25) is 14.6 Å². The maximum atomic E-state index is 14.3. The third-order valence-electron chi connectivity index (χ3n) is 5.31. The molecule has 0 fully saturated rings. The van der Waals surface area contributed by atoms with Gasteiger partial charge in [-0.15, -0.1) is 0 Å². The van der Waals surface area contributed by atoms with Crippen LogP contribution < -0.4 is 5.32 Å². The normalized spacial score (nSPS) is 12.5. The van der Waals surface area contributed by atoms with Crippen molar-refractivity contribution in [3.05, 3.63) is 82.3 Å². The number of fused-ring (bicyclic) bond motifs is 1. The van der Waals surface area contributed by atoms with E-state index in [4.69, 9.17) is 4.74 Å². The second-order valence-electron chi connectivity index (χ2n) is 7.50. The molecule has 1 N–H and O–H groups in total. The van der Waals surface area contributed by atoms with Crippen molar-refractivity contribution in [3.63, 3.8) is 0 Å². The SMILES string of the molecule is COCCCC(=O)c1ccc(Cc2cc(-c3c(F)cccc3F)nc3c2C(=O)NC3)nc1. The molecule has 3 aromatic rings. The molecule has 0 atom stereocenters. The molecule has 1 aliphatic rings. The first-order valence-electron chi connectivity index (χ1n) is 10.2. The smallest absolute Gasteiger partial charge is 0.253 e. The van der Waals surface area contributed by atoms with Crippen LogP contribution in [-0.4, -0.2) is 35.4 Å². The summed E-state index contributed by atoms with van der Waals surface area (Å²) in [4.78, 5) is 33.3. The number of hydrogen-bond acceptors (Lipinski definition) is 5. The minimum absolute atomic E-state index is 0.0254. The molecule has 0 saturated carbocycles. The molecule has 1 amide bonds. The number of aromatic nitrogens is 2. The molecule has 164 valence electrons. The molecular formula is C24H21F2N3O3. The number of Topliss-reactive ketones (excluding diaryl/α,β-unsaturated/α-hetero) is 1. The molecule has 0 saturated heterocycles. The van der Waals surface area contributed by atoms with Crippen LogP contribution in [0.2, 0.25) is 0 Å². The van der Waals surface area contributed by atoms with Crippen LogP contribution in [0.4, 0.5) is 8.78 Å². The van der Waals surface area contributed by atoms with E-state index in [9.17, 15) is 18.4 Å². The van der Waals surface area contributed by atoms with Gasteiger partial charge in [-0.05, 0) is 42.3 Å². The zero-order valence-electron chi connectivity index (χ0n) is 17.5. The van der Waals surface area contributed by atoms with E-state index in [0.717, 1.165) is 0 Å². The van der Waals surface area contributed by atoms with Crippen molar-refractivity contribution in [3.8, 4) is 11.3 Å². The topological polar surface area (TPSA) is 81.2 Å². The summed E-state index contributed by atoms with van der Waals surface area (Å²) in [7, 11) is 1.59. The molecule has 3 heterocycles. The number of ketones is 1. The Morgan fingerprint density at radius 2 is 1.94 bits per heavy atom. The summed E-state index contributed by atoms with van der Waals surface area (Å²) in [5.74, 6) is -1.76. The zero-order chi connectivity index (χ0) is 22.7. The summed E-state index contributed by atoms with van der Waals surface area (Å²) in [5.41, 5.74) is 2.40. The second kappa shape index (κ2) is 9.32. The number of nitrogens with zero attached hydrogens (tertiary/aromatic N) is 2. The largest absolute Gasteiger partial charge is 0.385 e. The summed E-state index contributed by atoms with van der Waals surface area (Å²) in [5, 5.41) is 2.70. The number of ether oxygens (including phenoxy) is 1. The quantitative estimate of drug-likeness (QED) is 0.428. The highest BCUT2D eigenvalue weighted by atomic mass is 19.1. The molecule has 0 spiro atoms. The van der Waals surface area contributed by atoms with Gasteiger partial charge in [0.1, 0.15) is 11.6 Å². The Balaban J connectivity index is 1.64. The first kappa shape index (κ1) is 21.7. The van der Waals surface area contributed by atoms with Gasteiger partial charge < -0.3 is 10.1 Å². The third-order valence-corrected chi connectivity index (χ3v) is 5.31. The van der Waals surface area contributed by atoms with Crippen molar-refractivity contribution >= 4 is 11.7 Å². The second-order valence-corrected chi connectivity index (χ2v) is 7.50. The number of rotatable bonds is 8. The molecule has 1 aromatic carbocycles. The van der Waals surface area contributed by atoms with Gasteiger partial charge in [-0.2, -0.15) is 0 Å². The number of carbonyl (C=O) groups is 2. The standard InChI is InChI=1S/C24H21F2N3O3/c1-32-9-3-6-21(30)14-7-8-16(27-12-14)10-15-11-19(23-17(25)4-2-5-18(23)26)29-20-13-28-24(31)22(15)20/h2,4-5,7-8,11-12H,3,6,9-10,13H2,1H3,(H,28,31). The number of benzene rings is 1. The van der Waals surface area contributed by atoms with Crippen molar-refractivity contribution in [2.75, 3.05) is 13.7 Å². The fourth-order valence-electron chi connectivity index (χ4n) is 3.73. The molecule has 0 radical (unpaired) electrons. The number of hydrogen-bond donors (Lipinski definition) is 1. The summed E-state index contributed by atoms with van der Waals surface area (Å²) < 4.78 is 33.6. The Labute approximate surface area is 183 Å². The molecule has 1 aliphatic heterocycles. The van der Waals surface area contributed by atoms with Crippen LogP contribution in [0.5, 0.6) is 0 Å². The van der Waals surface area contributed by atoms with Gasteiger partial charge >= 0.3 is 0 Å². The fourth-order valence-corrected chi connectivity index (χ4v) is 3.73. The van der Waals surface area contributed by atoms with E-state index in [1.54, 1.807) is 19.2 Å². The molecule has 8 heteroatoms. The Morgan fingerprint density at radius 3 is 2.62 bits per heavy atom. The Bertz CT molecular complexity index is 1160. The minimum atomic E-state index is -0.727. The highest BCUT2D eigenvalue weighted by Gasteiger charge is 2.27. The van der Waals surface area contributed by atoms with Crippen molar-refractivity contribution < 1.29 is 23.1 Å². The summed E-state index contributed by atoms with van der Waals surface area (Å²) in [6.07, 6.45) is 2.75. The van der Waals surface area contributed by atoms with Crippen LogP contribution in [0.3, 0.4) is 0 Å². The van der Waals surface area contributed by atoms with E-state index < -0.39 is 11.6 Å². The van der Waals surface area contributed by atoms with Crippen LogP contribution in [0, 0.1) is 11.6 Å². The average Bonchev–Trinajstić information content (AvgIpc) is 3.15. The number of carbonyl (C=O) groups excluding carboxylic acids is 2. The molecule has 2 aromatic heterocycles. The predicted octanol–water partition coefficient (Wildman–Crippen LogP) is 3.87. The lowest BCUT2D eigenvalue weighted by molar-refractivity contribution is 0.0956. The summed E-state index contributed by atoms with van der Waals surface area (Å²) in [6.45, 7) is 0.699. The summed E-state index contributed by atoms with van der Waals surface area (Å²) in [6, 6.07) is 8.55. The van der Waals surface area contributed by atoms with E-state index >= 15 is 0 Å². The summed E-state index contributed by atoms with van der Waals surface area (Å²) >= 11 is 0. The molecule has 32 heavy (non-hydrogen) atoms. The molecule has 0 bridgehead atoms. The number of pyridine rings is 2. The number of methoxy groups -OCH3 is 1. The van der Waals surface area contributed by atoms with Gasteiger partial charge in [0.2, 0.25) is 0 Å². The van der Waals surface area contributed by atoms with E-state index in [1.165, 1.54) is 30.5 Å².